The van der Waals surface area contributed by atoms with E-state index in [1.54, 1.807) is 7.11 Å². The van der Waals surface area contributed by atoms with Crippen molar-refractivity contribution in [3.8, 4) is 5.75 Å². The van der Waals surface area contributed by atoms with Crippen molar-refractivity contribution in [1.82, 2.24) is 4.57 Å². The number of hydrogen-bond donors (Lipinski definition) is 1. The molecular weight excluding hydrogens is 394 g/mol. The average Bonchev–Trinajstić information content (AvgIpc) is 2.87. The van der Waals surface area contributed by atoms with Crippen molar-refractivity contribution in [1.29, 1.82) is 0 Å². The summed E-state index contributed by atoms with van der Waals surface area (Å²) in [7, 11) is 1.65. The molecule has 1 aromatic heterocycles. The summed E-state index contributed by atoms with van der Waals surface area (Å²) in [4.78, 5) is 11.2. The number of hydrogen-bond acceptors (Lipinski definition) is 2. The summed E-state index contributed by atoms with van der Waals surface area (Å²) in [6.45, 7) is 4.78. The van der Waals surface area contributed by atoms with Crippen molar-refractivity contribution in [2.75, 3.05) is 7.11 Å². The molecule has 3 rings (SSSR count). The van der Waals surface area contributed by atoms with Crippen LogP contribution in [0.15, 0.2) is 46.9 Å². The first-order valence-corrected chi connectivity index (χ1v) is 9.33. The van der Waals surface area contributed by atoms with Gasteiger partial charge in [-0.05, 0) is 54.3 Å². The highest BCUT2D eigenvalue weighted by Gasteiger charge is 2.21. The number of carbonyl (C=O) groups is 1. The monoisotopic (exact) mass is 415 g/mol. The molecule has 1 heterocycles. The van der Waals surface area contributed by atoms with E-state index in [1.807, 2.05) is 31.2 Å². The predicted molar refractivity (Wildman–Crippen MR) is 107 cm³/mol. The zero-order valence-corrected chi connectivity index (χ0v) is 16.7. The second kappa shape index (κ2) is 7.54. The molecule has 3 aromatic rings. The SMILES string of the molecule is COc1ccc2c(c1)c([C@H](C)CC(=O)O)c(C)n2Cc1ccc(Br)cc1. The van der Waals surface area contributed by atoms with Crippen LogP contribution in [0, 0.1) is 6.92 Å². The standard InChI is InChI=1S/C21H22BrNO3/c1-13(10-20(24)25)21-14(2)23(12-15-4-6-16(22)7-5-15)19-9-8-17(26-3)11-18(19)21/h4-9,11,13H,10,12H2,1-3H3,(H,24,25)/t13-/m1/s1. The molecule has 1 N–H and O–H groups in total. The lowest BCUT2D eigenvalue weighted by molar-refractivity contribution is -0.137. The van der Waals surface area contributed by atoms with Gasteiger partial charge >= 0.3 is 5.97 Å². The van der Waals surface area contributed by atoms with Crippen LogP contribution < -0.4 is 4.74 Å². The van der Waals surface area contributed by atoms with Crippen molar-refractivity contribution < 1.29 is 14.6 Å². The first kappa shape index (κ1) is 18.5. The Kier molecular flexibility index (Phi) is 5.37. The van der Waals surface area contributed by atoms with Crippen LogP contribution in [0.2, 0.25) is 0 Å². The van der Waals surface area contributed by atoms with Crippen LogP contribution in [0.1, 0.15) is 36.1 Å². The number of nitrogens with zero attached hydrogens (tertiary/aromatic N) is 1. The van der Waals surface area contributed by atoms with Crippen molar-refractivity contribution in [3.05, 3.63) is 63.8 Å². The highest BCUT2D eigenvalue weighted by Crippen LogP contribution is 2.36. The van der Waals surface area contributed by atoms with Crippen LogP contribution in [0.25, 0.3) is 10.9 Å². The number of fused-ring (bicyclic) bond motifs is 1. The first-order chi connectivity index (χ1) is 12.4. The predicted octanol–water partition coefficient (Wildman–Crippen LogP) is 5.35. The van der Waals surface area contributed by atoms with Gasteiger partial charge in [-0.15, -0.1) is 0 Å². The van der Waals surface area contributed by atoms with Crippen LogP contribution in [0.3, 0.4) is 0 Å². The fourth-order valence-electron chi connectivity index (χ4n) is 3.58. The largest absolute Gasteiger partial charge is 0.497 e. The Bertz CT molecular complexity index is 944. The molecule has 0 saturated heterocycles. The number of benzene rings is 2. The third kappa shape index (κ3) is 3.63. The van der Waals surface area contributed by atoms with Gasteiger partial charge in [0.15, 0.2) is 0 Å². The molecule has 0 fully saturated rings. The number of rotatable bonds is 6. The average molecular weight is 416 g/mol. The molecule has 26 heavy (non-hydrogen) atoms. The Balaban J connectivity index is 2.14. The van der Waals surface area contributed by atoms with Gasteiger partial charge in [-0.3, -0.25) is 4.79 Å². The zero-order chi connectivity index (χ0) is 18.8. The molecule has 0 spiro atoms. The van der Waals surface area contributed by atoms with Crippen LogP contribution in [-0.4, -0.2) is 22.8 Å². The Morgan fingerprint density at radius 1 is 1.23 bits per heavy atom. The number of halogens is 1. The number of carboxylic acid groups (broad SMARTS) is 1. The lowest BCUT2D eigenvalue weighted by atomic mass is 9.95. The van der Waals surface area contributed by atoms with E-state index in [1.165, 1.54) is 5.56 Å². The maximum atomic E-state index is 11.2. The summed E-state index contributed by atoms with van der Waals surface area (Å²) >= 11 is 3.47. The van der Waals surface area contributed by atoms with Crippen molar-refractivity contribution in [2.24, 2.45) is 0 Å². The van der Waals surface area contributed by atoms with Crippen molar-refractivity contribution in [2.45, 2.75) is 32.7 Å². The molecule has 0 aliphatic heterocycles. The Morgan fingerprint density at radius 3 is 2.54 bits per heavy atom. The van der Waals surface area contributed by atoms with Crippen LogP contribution in [-0.2, 0) is 11.3 Å². The van der Waals surface area contributed by atoms with E-state index in [9.17, 15) is 9.90 Å². The molecule has 136 valence electrons. The van der Waals surface area contributed by atoms with Gasteiger partial charge in [0.1, 0.15) is 5.75 Å². The molecule has 0 saturated carbocycles. The minimum absolute atomic E-state index is 0.0757. The highest BCUT2D eigenvalue weighted by molar-refractivity contribution is 9.10. The van der Waals surface area contributed by atoms with Crippen molar-refractivity contribution in [3.63, 3.8) is 0 Å². The summed E-state index contributed by atoms with van der Waals surface area (Å²) in [5.41, 5.74) is 4.48. The Labute approximate surface area is 161 Å². The second-order valence-electron chi connectivity index (χ2n) is 6.59. The summed E-state index contributed by atoms with van der Waals surface area (Å²) in [5, 5.41) is 10.3. The Morgan fingerprint density at radius 2 is 1.92 bits per heavy atom. The zero-order valence-electron chi connectivity index (χ0n) is 15.1. The summed E-state index contributed by atoms with van der Waals surface area (Å²) in [6, 6.07) is 14.3. The minimum Gasteiger partial charge on any atom is -0.497 e. The maximum Gasteiger partial charge on any atom is 0.303 e. The van der Waals surface area contributed by atoms with E-state index in [4.69, 9.17) is 4.74 Å². The molecule has 0 unspecified atom stereocenters. The molecule has 0 aliphatic rings. The molecule has 0 aliphatic carbocycles. The van der Waals surface area contributed by atoms with Crippen LogP contribution in [0.5, 0.6) is 5.75 Å². The van der Waals surface area contributed by atoms with E-state index in [0.29, 0.717) is 0 Å². The van der Waals surface area contributed by atoms with Gasteiger partial charge in [0, 0.05) is 27.6 Å². The highest BCUT2D eigenvalue weighted by atomic mass is 79.9. The molecule has 0 amide bonds. The van der Waals surface area contributed by atoms with E-state index < -0.39 is 5.97 Å². The minimum atomic E-state index is -0.784. The lowest BCUT2D eigenvalue weighted by Crippen LogP contribution is -2.06. The van der Waals surface area contributed by atoms with E-state index in [2.05, 4.69) is 45.6 Å². The fraction of sp³-hybridized carbons (Fsp3) is 0.286. The molecule has 5 heteroatoms. The van der Waals surface area contributed by atoms with E-state index in [-0.39, 0.29) is 12.3 Å². The topological polar surface area (TPSA) is 51.5 Å². The molecule has 4 nitrogen and oxygen atoms in total. The maximum absolute atomic E-state index is 11.2. The third-order valence-electron chi connectivity index (χ3n) is 4.81. The number of aliphatic carboxylic acids is 1. The second-order valence-corrected chi connectivity index (χ2v) is 7.51. The third-order valence-corrected chi connectivity index (χ3v) is 5.34. The normalized spacial score (nSPS) is 12.3. The van der Waals surface area contributed by atoms with Gasteiger partial charge in [-0.25, -0.2) is 0 Å². The van der Waals surface area contributed by atoms with Gasteiger partial charge in [-0.1, -0.05) is 35.0 Å². The van der Waals surface area contributed by atoms with Crippen LogP contribution >= 0.6 is 15.9 Å². The van der Waals surface area contributed by atoms with Crippen LogP contribution in [0.4, 0.5) is 0 Å². The summed E-state index contributed by atoms with van der Waals surface area (Å²) < 4.78 is 8.70. The number of ether oxygens (including phenoxy) is 1. The van der Waals surface area contributed by atoms with E-state index >= 15 is 0 Å². The molecule has 0 bridgehead atoms. The van der Waals surface area contributed by atoms with Gasteiger partial charge in [-0.2, -0.15) is 0 Å². The van der Waals surface area contributed by atoms with Gasteiger partial charge < -0.3 is 14.4 Å². The Hall–Kier alpha value is -2.27. The number of carboxylic acids is 1. The smallest absolute Gasteiger partial charge is 0.303 e. The van der Waals surface area contributed by atoms with Gasteiger partial charge in [0.05, 0.1) is 13.5 Å². The molecule has 0 radical (unpaired) electrons. The summed E-state index contributed by atoms with van der Waals surface area (Å²) in [6.07, 6.45) is 0.107. The summed E-state index contributed by atoms with van der Waals surface area (Å²) in [5.74, 6) is -0.0797. The quantitative estimate of drug-likeness (QED) is 0.590. The molecular formula is C21H22BrNO3. The number of aromatic nitrogens is 1. The van der Waals surface area contributed by atoms with E-state index in [0.717, 1.165) is 38.9 Å². The van der Waals surface area contributed by atoms with Gasteiger partial charge in [0.2, 0.25) is 0 Å². The fourth-order valence-corrected chi connectivity index (χ4v) is 3.84. The van der Waals surface area contributed by atoms with Gasteiger partial charge in [0.25, 0.3) is 0 Å². The van der Waals surface area contributed by atoms with Crippen molar-refractivity contribution >= 4 is 32.8 Å². The molecule has 2 aromatic carbocycles. The first-order valence-electron chi connectivity index (χ1n) is 8.53. The number of methoxy groups -OCH3 is 1. The molecule has 1 atom stereocenters. The lowest BCUT2D eigenvalue weighted by Gasteiger charge is -2.12.